The molecule has 0 N–H and O–H groups in total. The second-order valence-corrected chi connectivity index (χ2v) is 12.6. The lowest BCUT2D eigenvalue weighted by Crippen LogP contribution is -2.46. The van der Waals surface area contributed by atoms with Crippen LogP contribution in [0.4, 0.5) is 0 Å². The van der Waals surface area contributed by atoms with E-state index >= 15 is 0 Å². The van der Waals surface area contributed by atoms with Gasteiger partial charge in [-0.15, -0.1) is 12.6 Å². The van der Waals surface area contributed by atoms with Gasteiger partial charge < -0.3 is 4.57 Å². The van der Waals surface area contributed by atoms with Crippen LogP contribution in [-0.2, 0) is 11.6 Å². The monoisotopic (exact) mass is 560 g/mol. The van der Waals surface area contributed by atoms with E-state index in [0.29, 0.717) is 6.71 Å². The van der Waals surface area contributed by atoms with Crippen LogP contribution in [0.15, 0.2) is 177 Å². The van der Waals surface area contributed by atoms with E-state index in [1.54, 1.807) is 0 Å². The number of imidazole rings is 1. The van der Waals surface area contributed by atoms with Crippen molar-refractivity contribution in [2.24, 2.45) is 0 Å². The van der Waals surface area contributed by atoms with Gasteiger partial charge in [-0.25, -0.2) is 4.98 Å². The molecule has 42 heavy (non-hydrogen) atoms. The summed E-state index contributed by atoms with van der Waals surface area (Å²) in [6, 6.07) is 51.8. The molecule has 0 aliphatic carbocycles. The number of hydrogen-bond acceptors (Lipinski definition) is 1. The maximum atomic E-state index is 4.39. The molecule has 6 rings (SSSR count). The van der Waals surface area contributed by atoms with Crippen LogP contribution in [0, 0.1) is 0 Å². The summed E-state index contributed by atoms with van der Waals surface area (Å²) in [4.78, 5) is 4.39. The molecule has 0 amide bonds. The van der Waals surface area contributed by atoms with Gasteiger partial charge in [0.25, 0.3) is 0 Å². The topological polar surface area (TPSA) is 17.8 Å². The van der Waals surface area contributed by atoms with Gasteiger partial charge >= 0.3 is 0 Å². The number of rotatable bonds is 9. The van der Waals surface area contributed by atoms with E-state index in [9.17, 15) is 0 Å². The van der Waals surface area contributed by atoms with Crippen LogP contribution in [0.25, 0.3) is 0 Å². The van der Waals surface area contributed by atoms with Crippen LogP contribution >= 0.6 is 0 Å². The molecule has 0 radical (unpaired) electrons. The predicted octanol–water partition coefficient (Wildman–Crippen LogP) is 5.71. The molecular weight excluding hydrogens is 523 g/mol. The molecular formula is C38H37BN2Si. The fourth-order valence-electron chi connectivity index (χ4n) is 5.65. The predicted molar refractivity (Wildman–Crippen MR) is 183 cm³/mol. The lowest BCUT2D eigenvalue weighted by Gasteiger charge is -2.37. The molecule has 0 unspecified atom stereocenters. The van der Waals surface area contributed by atoms with Crippen LogP contribution in [0.2, 0.25) is 0 Å². The minimum Gasteiger partial charge on any atom is -0.326 e. The largest absolute Gasteiger partial charge is 0.326 e. The van der Waals surface area contributed by atoms with E-state index in [0.717, 1.165) is 6.42 Å². The zero-order valence-corrected chi connectivity index (χ0v) is 25.7. The second-order valence-electron chi connectivity index (χ2n) is 10.4. The number of nitrogens with zero attached hydrogens (tertiary/aromatic N) is 2. The van der Waals surface area contributed by atoms with Crippen LogP contribution < -0.4 is 16.1 Å². The zero-order valence-electron chi connectivity index (χ0n) is 24.3. The Labute approximate surface area is 253 Å². The molecule has 6 aromatic rings. The molecule has 206 valence electrons. The summed E-state index contributed by atoms with van der Waals surface area (Å²) < 4.78 is 2.30. The minimum absolute atomic E-state index is 0.202. The van der Waals surface area contributed by atoms with Crippen molar-refractivity contribution in [1.29, 1.82) is 0 Å². The standard InChI is InChI=1S/C24H24N2Si.C14H13B/c1-2-20-13-15-23(16-14-20)27-24(26-18-17-25-19-26,21-9-5-3-6-10-21)22-11-7-4-8-12-22;1-2-15(13-9-5-3-6-10-13)14-11-7-4-8-12-14/h3-19H,2,27H2,1H3;2-12H,1H2. The van der Waals surface area contributed by atoms with Gasteiger partial charge in [-0.1, -0.05) is 169 Å². The number of aromatic nitrogens is 2. The maximum Gasteiger partial charge on any atom is 0.233 e. The first kappa shape index (κ1) is 28.8. The fourth-order valence-corrected chi connectivity index (χ4v) is 7.96. The third-order valence-corrected chi connectivity index (χ3v) is 10.5. The third-order valence-electron chi connectivity index (χ3n) is 7.89. The smallest absolute Gasteiger partial charge is 0.233 e. The van der Waals surface area contributed by atoms with Gasteiger partial charge in [-0.2, -0.15) is 0 Å². The quantitative estimate of drug-likeness (QED) is 0.207. The average molecular weight is 561 g/mol. The van der Waals surface area contributed by atoms with Crippen LogP contribution in [0.1, 0.15) is 23.6 Å². The fraction of sp³-hybridized carbons (Fsp3) is 0.0789. The Morgan fingerprint density at radius 2 is 1.17 bits per heavy atom. The normalized spacial score (nSPS) is 11.1. The molecule has 0 fully saturated rings. The van der Waals surface area contributed by atoms with Gasteiger partial charge in [0.2, 0.25) is 6.71 Å². The number of aryl methyl sites for hydroxylation is 1. The Bertz CT molecular complexity index is 1540. The summed E-state index contributed by atoms with van der Waals surface area (Å²) in [6.45, 7) is 6.42. The van der Waals surface area contributed by atoms with E-state index in [-0.39, 0.29) is 5.16 Å². The van der Waals surface area contributed by atoms with Crippen molar-refractivity contribution in [3.05, 3.63) is 194 Å². The first-order valence-corrected chi connectivity index (χ1v) is 16.1. The second kappa shape index (κ2) is 14.3. The molecule has 0 aliphatic heterocycles. The van der Waals surface area contributed by atoms with Crippen molar-refractivity contribution in [3.8, 4) is 0 Å². The van der Waals surface area contributed by atoms with E-state index in [4.69, 9.17) is 0 Å². The Balaban J connectivity index is 0.000000199. The Kier molecular flexibility index (Phi) is 9.82. The lowest BCUT2D eigenvalue weighted by molar-refractivity contribution is 0.596. The van der Waals surface area contributed by atoms with Gasteiger partial charge in [0.15, 0.2) is 0 Å². The van der Waals surface area contributed by atoms with E-state index in [2.05, 4.69) is 163 Å². The maximum absolute atomic E-state index is 4.39. The molecule has 0 bridgehead atoms. The highest BCUT2D eigenvalue weighted by Crippen LogP contribution is 2.33. The van der Waals surface area contributed by atoms with Crippen LogP contribution in [-0.4, -0.2) is 25.8 Å². The van der Waals surface area contributed by atoms with Crippen molar-refractivity contribution >= 4 is 32.3 Å². The Morgan fingerprint density at radius 1 is 0.690 bits per heavy atom. The summed E-state index contributed by atoms with van der Waals surface area (Å²) in [5.74, 6) is 1.99. The van der Waals surface area contributed by atoms with Gasteiger partial charge in [0, 0.05) is 12.4 Å². The van der Waals surface area contributed by atoms with E-state index < -0.39 is 9.52 Å². The van der Waals surface area contributed by atoms with Crippen LogP contribution in [0.3, 0.4) is 0 Å². The minimum atomic E-state index is -0.770. The summed E-state index contributed by atoms with van der Waals surface area (Å²) in [6.07, 6.45) is 7.03. The molecule has 4 heteroatoms. The summed E-state index contributed by atoms with van der Waals surface area (Å²) in [5, 5.41) is 1.25. The highest BCUT2D eigenvalue weighted by Gasteiger charge is 2.36. The van der Waals surface area contributed by atoms with Gasteiger partial charge in [-0.05, 0) is 23.1 Å². The first-order valence-electron chi connectivity index (χ1n) is 14.6. The van der Waals surface area contributed by atoms with Crippen molar-refractivity contribution in [3.63, 3.8) is 0 Å². The highest BCUT2D eigenvalue weighted by atomic mass is 28.2. The van der Waals surface area contributed by atoms with E-state index in [1.165, 1.54) is 32.8 Å². The molecule has 0 saturated carbocycles. The summed E-state index contributed by atoms with van der Waals surface area (Å²) in [7, 11) is -0.770. The first-order chi connectivity index (χ1) is 20.7. The Morgan fingerprint density at radius 3 is 1.57 bits per heavy atom. The SMILES string of the molecule is C=CB(c1ccccc1)c1ccccc1.CCc1ccc([SiH2]C(c2ccccc2)(c2ccccc2)n2ccnc2)cc1. The Hall–Kier alpha value is -4.67. The van der Waals surface area contributed by atoms with Crippen molar-refractivity contribution < 1.29 is 0 Å². The van der Waals surface area contributed by atoms with E-state index in [1.807, 2.05) is 30.6 Å². The number of hydrogen-bond donors (Lipinski definition) is 0. The lowest BCUT2D eigenvalue weighted by atomic mass is 9.41. The van der Waals surface area contributed by atoms with Crippen molar-refractivity contribution in [1.82, 2.24) is 9.55 Å². The third kappa shape index (κ3) is 6.62. The summed E-state index contributed by atoms with van der Waals surface area (Å²) in [5.41, 5.74) is 6.61. The molecule has 0 saturated heterocycles. The zero-order chi connectivity index (χ0) is 29.0. The van der Waals surface area contributed by atoms with Crippen LogP contribution in [0.5, 0.6) is 0 Å². The van der Waals surface area contributed by atoms with Gasteiger partial charge in [-0.3, -0.25) is 0 Å². The molecule has 0 spiro atoms. The summed E-state index contributed by atoms with van der Waals surface area (Å²) >= 11 is 0. The number of benzene rings is 5. The highest BCUT2D eigenvalue weighted by molar-refractivity contribution is 6.89. The van der Waals surface area contributed by atoms with Gasteiger partial charge in [0.1, 0.15) is 0 Å². The molecule has 2 nitrogen and oxygen atoms in total. The molecule has 0 atom stereocenters. The molecule has 5 aromatic carbocycles. The van der Waals surface area contributed by atoms with Gasteiger partial charge in [0.05, 0.1) is 21.0 Å². The molecule has 0 aliphatic rings. The average Bonchev–Trinajstić information content (AvgIpc) is 3.62. The van der Waals surface area contributed by atoms with Crippen molar-refractivity contribution in [2.75, 3.05) is 0 Å². The molecule has 1 heterocycles. The van der Waals surface area contributed by atoms with Crippen molar-refractivity contribution in [2.45, 2.75) is 18.5 Å². The molecule has 1 aromatic heterocycles.